The van der Waals surface area contributed by atoms with Crippen LogP contribution in [0, 0.1) is 5.92 Å². The average Bonchev–Trinajstić information content (AvgIpc) is 2.17. The van der Waals surface area contributed by atoms with Gasteiger partial charge >= 0.3 is 58.4 Å². The van der Waals surface area contributed by atoms with Crippen LogP contribution in [0.4, 0.5) is 12.9 Å². The minimum absolute atomic E-state index is 0. The fourth-order valence-electron chi connectivity index (χ4n) is 1.50. The van der Waals surface area contributed by atoms with Gasteiger partial charge in [-0.1, -0.05) is 44.2 Å². The second kappa shape index (κ2) is 7.97. The zero-order valence-corrected chi connectivity index (χ0v) is 13.5. The van der Waals surface area contributed by atoms with Crippen molar-refractivity contribution in [2.45, 2.75) is 26.5 Å². The molecule has 0 aliphatic heterocycles. The van der Waals surface area contributed by atoms with Crippen LogP contribution in [0.3, 0.4) is 0 Å². The molecule has 90 valence electrons. The molecule has 0 radical (unpaired) electrons. The summed E-state index contributed by atoms with van der Waals surface area (Å²) in [5, 5.41) is 0. The molecule has 0 saturated carbocycles. The van der Waals surface area contributed by atoms with Crippen molar-refractivity contribution in [1.82, 2.24) is 0 Å². The molecule has 1 atom stereocenters. The van der Waals surface area contributed by atoms with Gasteiger partial charge in [0.25, 0.3) is 0 Å². The first kappa shape index (κ1) is 17.7. The number of ether oxygens (including phenoxy) is 1. The predicted octanol–water partition coefficient (Wildman–Crippen LogP) is 0.618. The molecule has 1 nitrogen and oxygen atoms in total. The van der Waals surface area contributed by atoms with E-state index in [1.165, 1.54) is 13.8 Å². The second-order valence-electron chi connectivity index (χ2n) is 4.13. The smallest absolute Gasteiger partial charge is 0.447 e. The zero-order chi connectivity index (χ0) is 12.2. The van der Waals surface area contributed by atoms with E-state index in [0.717, 1.165) is 5.56 Å². The van der Waals surface area contributed by atoms with Gasteiger partial charge in [-0.3, -0.25) is 0 Å². The molecule has 0 aliphatic rings. The van der Waals surface area contributed by atoms with Gasteiger partial charge < -0.3 is 17.7 Å². The summed E-state index contributed by atoms with van der Waals surface area (Å²) in [7, 11) is 0. The molecule has 1 rings (SSSR count). The van der Waals surface area contributed by atoms with Crippen LogP contribution in [0.5, 0.6) is 0 Å². The van der Waals surface area contributed by atoms with Crippen molar-refractivity contribution in [3.8, 4) is 0 Å². The van der Waals surface area contributed by atoms with E-state index in [1.54, 1.807) is 24.3 Å². The molecular formula is C11H15BF3KO. The van der Waals surface area contributed by atoms with Gasteiger partial charge in [0.1, 0.15) is 0 Å². The standard InChI is InChI=1S/C11H15BF3O.K/c1-9(2)11(12(13,14)15)16-8-10-6-4-3-5-7-10;/h3-7,9,11H,8H2,1-2H3;/q-1;+1. The molecule has 1 unspecified atom stereocenters. The van der Waals surface area contributed by atoms with Crippen LogP contribution in [-0.4, -0.2) is 13.0 Å². The summed E-state index contributed by atoms with van der Waals surface area (Å²) in [6.07, 6.45) is 0. The molecule has 0 N–H and O–H groups in total. The van der Waals surface area contributed by atoms with Crippen LogP contribution in [0.2, 0.25) is 0 Å². The molecule has 17 heavy (non-hydrogen) atoms. The van der Waals surface area contributed by atoms with Crippen molar-refractivity contribution in [2.75, 3.05) is 0 Å². The van der Waals surface area contributed by atoms with Crippen LogP contribution in [-0.2, 0) is 11.3 Å². The maximum atomic E-state index is 12.6. The van der Waals surface area contributed by atoms with Gasteiger partial charge in [-0.05, 0) is 11.5 Å². The van der Waals surface area contributed by atoms with Crippen LogP contribution in [0.15, 0.2) is 30.3 Å². The molecule has 0 fully saturated rings. The molecule has 6 heteroatoms. The Labute approximate surface area is 143 Å². The Hall–Kier alpha value is 0.671. The Morgan fingerprint density at radius 1 is 1.12 bits per heavy atom. The fraction of sp³-hybridized carbons (Fsp3) is 0.455. The van der Waals surface area contributed by atoms with Crippen molar-refractivity contribution >= 4 is 6.98 Å². The maximum absolute atomic E-state index is 12.6. The third-order valence-corrected chi connectivity index (χ3v) is 2.31. The Morgan fingerprint density at radius 3 is 2.06 bits per heavy atom. The first-order valence-electron chi connectivity index (χ1n) is 5.26. The summed E-state index contributed by atoms with van der Waals surface area (Å²) in [6.45, 7) is -1.90. The van der Waals surface area contributed by atoms with Crippen LogP contribution < -0.4 is 51.4 Å². The van der Waals surface area contributed by atoms with E-state index in [2.05, 4.69) is 0 Å². The summed E-state index contributed by atoms with van der Waals surface area (Å²) >= 11 is 0. The molecule has 1 aromatic carbocycles. The van der Waals surface area contributed by atoms with E-state index in [0.29, 0.717) is 0 Å². The average molecular weight is 270 g/mol. The van der Waals surface area contributed by atoms with E-state index < -0.39 is 18.9 Å². The summed E-state index contributed by atoms with van der Waals surface area (Å²) in [6, 6.07) is 7.24. The zero-order valence-electron chi connectivity index (χ0n) is 10.4. The number of hydrogen-bond acceptors (Lipinski definition) is 1. The predicted molar refractivity (Wildman–Crippen MR) is 58.9 cm³/mol. The molecule has 0 heterocycles. The molecule has 0 amide bonds. The van der Waals surface area contributed by atoms with Gasteiger partial charge in [0.2, 0.25) is 0 Å². The van der Waals surface area contributed by atoms with Gasteiger partial charge in [0.05, 0.1) is 6.61 Å². The Kier molecular flexibility index (Phi) is 8.28. The van der Waals surface area contributed by atoms with Gasteiger partial charge in [0.15, 0.2) is 0 Å². The summed E-state index contributed by atoms with van der Waals surface area (Å²) < 4.78 is 42.8. The Morgan fingerprint density at radius 2 is 1.65 bits per heavy atom. The number of hydrogen-bond donors (Lipinski definition) is 0. The van der Waals surface area contributed by atoms with Crippen molar-refractivity contribution in [2.24, 2.45) is 5.92 Å². The van der Waals surface area contributed by atoms with Gasteiger partial charge in [-0.2, -0.15) is 0 Å². The topological polar surface area (TPSA) is 9.23 Å². The molecule has 0 aliphatic carbocycles. The fourth-order valence-corrected chi connectivity index (χ4v) is 1.50. The molecule has 0 spiro atoms. The Bertz CT molecular complexity index is 316. The summed E-state index contributed by atoms with van der Waals surface area (Å²) in [5.74, 6) is -0.552. The van der Waals surface area contributed by atoms with Crippen LogP contribution >= 0.6 is 0 Å². The number of halogens is 3. The van der Waals surface area contributed by atoms with Crippen LogP contribution in [0.1, 0.15) is 19.4 Å². The third-order valence-electron chi connectivity index (χ3n) is 2.31. The maximum Gasteiger partial charge on any atom is 1.00 e. The van der Waals surface area contributed by atoms with E-state index in [4.69, 9.17) is 4.74 Å². The first-order valence-corrected chi connectivity index (χ1v) is 5.26. The van der Waals surface area contributed by atoms with E-state index in [1.807, 2.05) is 6.07 Å². The van der Waals surface area contributed by atoms with E-state index >= 15 is 0 Å². The monoisotopic (exact) mass is 270 g/mol. The Balaban J connectivity index is 0.00000256. The SMILES string of the molecule is CC(C)C(OCc1ccccc1)[B-](F)(F)F.[K+]. The van der Waals surface area contributed by atoms with Gasteiger partial charge in [-0.25, -0.2) is 0 Å². The van der Waals surface area contributed by atoms with E-state index in [-0.39, 0.29) is 58.0 Å². The minimum Gasteiger partial charge on any atom is -0.447 e. The number of benzene rings is 1. The molecule has 1 aromatic rings. The molecule has 0 aromatic heterocycles. The minimum atomic E-state index is -4.94. The van der Waals surface area contributed by atoms with Gasteiger partial charge in [-0.15, -0.1) is 0 Å². The molecular weight excluding hydrogens is 255 g/mol. The first-order chi connectivity index (χ1) is 7.41. The van der Waals surface area contributed by atoms with E-state index in [9.17, 15) is 12.9 Å². The summed E-state index contributed by atoms with van der Waals surface area (Å²) in [5.41, 5.74) is 0.758. The van der Waals surface area contributed by atoms with Gasteiger partial charge in [0, 0.05) is 6.00 Å². The third kappa shape index (κ3) is 6.40. The normalized spacial score (nSPS) is 13.3. The summed E-state index contributed by atoms with van der Waals surface area (Å²) in [4.78, 5) is 0. The van der Waals surface area contributed by atoms with Crippen LogP contribution in [0.25, 0.3) is 0 Å². The molecule has 0 bridgehead atoms. The van der Waals surface area contributed by atoms with Crippen molar-refractivity contribution < 1.29 is 69.1 Å². The van der Waals surface area contributed by atoms with Crippen molar-refractivity contribution in [3.05, 3.63) is 35.9 Å². The number of rotatable bonds is 5. The quantitative estimate of drug-likeness (QED) is 0.713. The largest absolute Gasteiger partial charge is 1.00 e. The van der Waals surface area contributed by atoms with Crippen molar-refractivity contribution in [1.29, 1.82) is 0 Å². The molecule has 0 saturated heterocycles. The second-order valence-corrected chi connectivity index (χ2v) is 4.13. The van der Waals surface area contributed by atoms with Crippen molar-refractivity contribution in [3.63, 3.8) is 0 Å².